The van der Waals surface area contributed by atoms with Crippen LogP contribution in [0.5, 0.6) is 0 Å². The zero-order chi connectivity index (χ0) is 20.6. The standard InChI is InChI=1S/C19H18N4O3S3/c1-12-7-8-14(11-13(12)2)20-18-21-22-19(28-18)27-10-9-23-17(24)15-5-3-4-6-16(15)29(23,25)26/h3-8,11H,9-10H2,1-2H3,(H,20,21). The van der Waals surface area contributed by atoms with Crippen LogP contribution >= 0.6 is 23.1 Å². The Bertz CT molecular complexity index is 1190. The molecule has 4 rings (SSSR count). The van der Waals surface area contributed by atoms with Crippen LogP contribution in [-0.4, -0.2) is 41.1 Å². The summed E-state index contributed by atoms with van der Waals surface area (Å²) in [6.07, 6.45) is 0. The molecule has 3 aromatic rings. The molecule has 1 aliphatic rings. The number of hydrogen-bond acceptors (Lipinski definition) is 8. The lowest BCUT2D eigenvalue weighted by Crippen LogP contribution is -2.32. The third-order valence-electron chi connectivity index (χ3n) is 4.60. The summed E-state index contributed by atoms with van der Waals surface area (Å²) in [6, 6.07) is 12.4. The zero-order valence-corrected chi connectivity index (χ0v) is 18.2. The highest BCUT2D eigenvalue weighted by atomic mass is 32.2. The lowest BCUT2D eigenvalue weighted by molar-refractivity contribution is 0.0876. The molecule has 2 aromatic carbocycles. The number of carbonyl (C=O) groups is 1. The molecular weight excluding hydrogens is 428 g/mol. The zero-order valence-electron chi connectivity index (χ0n) is 15.7. The van der Waals surface area contributed by atoms with Gasteiger partial charge in [-0.25, -0.2) is 12.7 Å². The fraction of sp³-hybridized carbons (Fsp3) is 0.211. The van der Waals surface area contributed by atoms with E-state index >= 15 is 0 Å². The summed E-state index contributed by atoms with van der Waals surface area (Å²) in [4.78, 5) is 12.5. The smallest absolute Gasteiger partial charge is 0.269 e. The van der Waals surface area contributed by atoms with Crippen LogP contribution in [0, 0.1) is 13.8 Å². The molecular formula is C19H18N4O3S3. The Morgan fingerprint density at radius 2 is 1.90 bits per heavy atom. The molecule has 1 N–H and O–H groups in total. The number of thioether (sulfide) groups is 1. The van der Waals surface area contributed by atoms with E-state index in [1.165, 1.54) is 46.4 Å². The molecule has 10 heteroatoms. The highest BCUT2D eigenvalue weighted by Crippen LogP contribution is 2.32. The summed E-state index contributed by atoms with van der Waals surface area (Å²) in [5, 5.41) is 12.1. The van der Waals surface area contributed by atoms with Gasteiger partial charge in [0.1, 0.15) is 4.90 Å². The predicted octanol–water partition coefficient (Wildman–Crippen LogP) is 3.84. The molecule has 0 unspecified atom stereocenters. The molecule has 1 aromatic heterocycles. The molecule has 2 heterocycles. The van der Waals surface area contributed by atoms with E-state index in [9.17, 15) is 13.2 Å². The van der Waals surface area contributed by atoms with Crippen molar-refractivity contribution in [3.05, 3.63) is 59.2 Å². The van der Waals surface area contributed by atoms with Gasteiger partial charge in [0, 0.05) is 18.0 Å². The number of aryl methyl sites for hydroxylation is 2. The molecule has 29 heavy (non-hydrogen) atoms. The average Bonchev–Trinajstić information content (AvgIpc) is 3.21. The highest BCUT2D eigenvalue weighted by molar-refractivity contribution is 8.01. The number of fused-ring (bicyclic) bond motifs is 1. The largest absolute Gasteiger partial charge is 0.330 e. The summed E-state index contributed by atoms with van der Waals surface area (Å²) in [7, 11) is -3.77. The van der Waals surface area contributed by atoms with Crippen molar-refractivity contribution in [2.75, 3.05) is 17.6 Å². The van der Waals surface area contributed by atoms with Crippen LogP contribution in [0.25, 0.3) is 0 Å². The minimum atomic E-state index is -3.77. The quantitative estimate of drug-likeness (QED) is 0.575. The summed E-state index contributed by atoms with van der Waals surface area (Å²) in [6.45, 7) is 4.19. The molecule has 0 spiro atoms. The van der Waals surface area contributed by atoms with E-state index in [2.05, 4.69) is 22.4 Å². The molecule has 0 fully saturated rings. The molecule has 1 aliphatic heterocycles. The first-order chi connectivity index (χ1) is 13.9. The van der Waals surface area contributed by atoms with E-state index in [-0.39, 0.29) is 17.0 Å². The maximum atomic E-state index is 12.6. The van der Waals surface area contributed by atoms with Crippen LogP contribution in [0.1, 0.15) is 21.5 Å². The second kappa shape index (κ2) is 7.77. The summed E-state index contributed by atoms with van der Waals surface area (Å²) < 4.78 is 26.7. The van der Waals surface area contributed by atoms with Crippen molar-refractivity contribution in [1.82, 2.24) is 14.5 Å². The van der Waals surface area contributed by atoms with Crippen LogP contribution in [0.15, 0.2) is 51.7 Å². The molecule has 7 nitrogen and oxygen atoms in total. The van der Waals surface area contributed by atoms with Crippen molar-refractivity contribution >= 4 is 49.8 Å². The fourth-order valence-corrected chi connectivity index (χ4v) is 6.38. The Morgan fingerprint density at radius 3 is 2.66 bits per heavy atom. The SMILES string of the molecule is Cc1ccc(Nc2nnc(SCCN3C(=O)c4ccccc4S3(=O)=O)s2)cc1C. The Hall–Kier alpha value is -2.43. The van der Waals surface area contributed by atoms with Crippen LogP contribution in [0.2, 0.25) is 0 Å². The van der Waals surface area contributed by atoms with E-state index in [0.29, 0.717) is 15.2 Å². The molecule has 0 saturated carbocycles. The number of rotatable bonds is 6. The minimum absolute atomic E-state index is 0.0748. The molecule has 0 aliphatic carbocycles. The van der Waals surface area contributed by atoms with Crippen molar-refractivity contribution in [1.29, 1.82) is 0 Å². The number of hydrogen-bond donors (Lipinski definition) is 1. The number of carbonyl (C=O) groups excluding carboxylic acids is 1. The van der Waals surface area contributed by atoms with Crippen LogP contribution in [0.3, 0.4) is 0 Å². The van der Waals surface area contributed by atoms with Crippen LogP contribution in [0.4, 0.5) is 10.8 Å². The van der Waals surface area contributed by atoms with Crippen molar-refractivity contribution in [3.63, 3.8) is 0 Å². The van der Waals surface area contributed by atoms with Gasteiger partial charge < -0.3 is 5.32 Å². The van der Waals surface area contributed by atoms with Gasteiger partial charge in [-0.15, -0.1) is 10.2 Å². The third kappa shape index (κ3) is 3.87. The second-order valence-corrected chi connectivity index (χ2v) is 10.7. The van der Waals surface area contributed by atoms with Gasteiger partial charge in [-0.1, -0.05) is 41.3 Å². The van der Waals surface area contributed by atoms with E-state index < -0.39 is 15.9 Å². The van der Waals surface area contributed by atoms with E-state index in [1.54, 1.807) is 12.1 Å². The Labute approximate surface area is 177 Å². The molecule has 150 valence electrons. The number of anilines is 2. The Balaban J connectivity index is 1.37. The summed E-state index contributed by atoms with van der Waals surface area (Å²) in [5.74, 6) is -0.0763. The molecule has 1 amide bonds. The van der Waals surface area contributed by atoms with Crippen molar-refractivity contribution < 1.29 is 13.2 Å². The number of amides is 1. The van der Waals surface area contributed by atoms with Crippen LogP contribution in [-0.2, 0) is 10.0 Å². The lowest BCUT2D eigenvalue weighted by Gasteiger charge is -2.13. The normalized spacial score (nSPS) is 14.8. The monoisotopic (exact) mass is 446 g/mol. The average molecular weight is 447 g/mol. The molecule has 0 radical (unpaired) electrons. The van der Waals surface area contributed by atoms with Gasteiger partial charge in [0.15, 0.2) is 4.34 Å². The fourth-order valence-electron chi connectivity index (χ4n) is 2.93. The Morgan fingerprint density at radius 1 is 1.10 bits per heavy atom. The molecule has 0 bridgehead atoms. The van der Waals surface area contributed by atoms with Crippen molar-refractivity contribution in [3.8, 4) is 0 Å². The number of nitrogens with one attached hydrogen (secondary N) is 1. The molecule has 0 atom stereocenters. The van der Waals surface area contributed by atoms with Crippen LogP contribution < -0.4 is 5.32 Å². The van der Waals surface area contributed by atoms with E-state index in [0.717, 1.165) is 9.99 Å². The molecule has 0 saturated heterocycles. The van der Waals surface area contributed by atoms with Gasteiger partial charge >= 0.3 is 0 Å². The number of benzene rings is 2. The maximum Gasteiger partial charge on any atom is 0.269 e. The minimum Gasteiger partial charge on any atom is -0.330 e. The first-order valence-electron chi connectivity index (χ1n) is 8.83. The van der Waals surface area contributed by atoms with Gasteiger partial charge in [0.05, 0.1) is 5.56 Å². The predicted molar refractivity (Wildman–Crippen MR) is 114 cm³/mol. The second-order valence-electron chi connectivity index (χ2n) is 6.52. The first-order valence-corrected chi connectivity index (χ1v) is 12.1. The number of nitrogens with zero attached hydrogens (tertiary/aromatic N) is 3. The summed E-state index contributed by atoms with van der Waals surface area (Å²) in [5.41, 5.74) is 3.57. The highest BCUT2D eigenvalue weighted by Gasteiger charge is 2.40. The topological polar surface area (TPSA) is 92.3 Å². The van der Waals surface area contributed by atoms with Crippen molar-refractivity contribution in [2.45, 2.75) is 23.1 Å². The van der Waals surface area contributed by atoms with Gasteiger partial charge in [-0.2, -0.15) is 0 Å². The lowest BCUT2D eigenvalue weighted by atomic mass is 10.1. The number of sulfonamides is 1. The first kappa shape index (κ1) is 19.9. The third-order valence-corrected chi connectivity index (χ3v) is 8.39. The van der Waals surface area contributed by atoms with Gasteiger partial charge in [0.25, 0.3) is 15.9 Å². The van der Waals surface area contributed by atoms with Crippen molar-refractivity contribution in [2.24, 2.45) is 0 Å². The van der Waals surface area contributed by atoms with E-state index in [1.807, 2.05) is 25.1 Å². The summed E-state index contributed by atoms with van der Waals surface area (Å²) >= 11 is 2.76. The van der Waals surface area contributed by atoms with Gasteiger partial charge in [-0.05, 0) is 49.2 Å². The Kier molecular flexibility index (Phi) is 5.32. The van der Waals surface area contributed by atoms with Gasteiger partial charge in [-0.3, -0.25) is 4.79 Å². The number of aromatic nitrogens is 2. The van der Waals surface area contributed by atoms with Gasteiger partial charge in [0.2, 0.25) is 5.13 Å². The van der Waals surface area contributed by atoms with E-state index in [4.69, 9.17) is 0 Å². The maximum absolute atomic E-state index is 12.6.